The Morgan fingerprint density at radius 1 is 1.14 bits per heavy atom. The van der Waals surface area contributed by atoms with Crippen molar-refractivity contribution in [2.24, 2.45) is 0 Å². The molecule has 2 aromatic rings. The van der Waals surface area contributed by atoms with Gasteiger partial charge in [0.25, 0.3) is 5.91 Å². The summed E-state index contributed by atoms with van der Waals surface area (Å²) in [5.74, 6) is 0.185. The minimum Gasteiger partial charge on any atom is -0.361 e. The van der Waals surface area contributed by atoms with Gasteiger partial charge in [-0.2, -0.15) is 0 Å². The van der Waals surface area contributed by atoms with Gasteiger partial charge < -0.3 is 5.32 Å². The zero-order chi connectivity index (χ0) is 15.0. The van der Waals surface area contributed by atoms with Crippen molar-refractivity contribution in [3.05, 3.63) is 59.1 Å². The summed E-state index contributed by atoms with van der Waals surface area (Å²) in [6.07, 6.45) is 0. The van der Waals surface area contributed by atoms with Crippen LogP contribution in [0.5, 0.6) is 0 Å². The molecule has 1 aliphatic heterocycles. The monoisotopic (exact) mass is 320 g/mol. The second-order valence-corrected chi connectivity index (χ2v) is 5.90. The Bertz CT molecular complexity index is 687. The molecule has 5 heteroatoms. The molecule has 1 N–H and O–H groups in total. The quantitative estimate of drug-likeness (QED) is 0.833. The number of nitrogens with zero attached hydrogens (tertiary/aromatic N) is 1. The van der Waals surface area contributed by atoms with Gasteiger partial charge in [-0.05, 0) is 43.3 Å². The average Bonchev–Trinajstić information content (AvgIpc) is 2.49. The van der Waals surface area contributed by atoms with Gasteiger partial charge in [0.05, 0.1) is 11.4 Å². The van der Waals surface area contributed by atoms with Crippen LogP contribution in [0.3, 0.4) is 0 Å². The predicted molar refractivity (Wildman–Crippen MR) is 87.5 cm³/mol. The van der Waals surface area contributed by atoms with Crippen molar-refractivity contribution in [1.29, 1.82) is 0 Å². The maximum Gasteiger partial charge on any atom is 0.262 e. The fourth-order valence-corrected chi connectivity index (χ4v) is 2.87. The number of hydrogen-bond donors (Lipinski definition) is 1. The van der Waals surface area contributed by atoms with Crippen LogP contribution in [-0.2, 0) is 0 Å². The van der Waals surface area contributed by atoms with Crippen molar-refractivity contribution < 1.29 is 4.79 Å². The largest absolute Gasteiger partial charge is 0.361 e. The van der Waals surface area contributed by atoms with E-state index < -0.39 is 5.66 Å². The average molecular weight is 321 g/mol. The highest BCUT2D eigenvalue weighted by molar-refractivity contribution is 6.30. The van der Waals surface area contributed by atoms with Crippen molar-refractivity contribution in [2.45, 2.75) is 12.6 Å². The third-order valence-electron chi connectivity index (χ3n) is 3.60. The normalized spacial score (nSPS) is 20.9. The van der Waals surface area contributed by atoms with Gasteiger partial charge in [0.1, 0.15) is 5.66 Å². The number of benzene rings is 2. The van der Waals surface area contributed by atoms with Crippen LogP contribution in [0.1, 0.15) is 17.3 Å². The van der Waals surface area contributed by atoms with E-state index in [9.17, 15) is 4.79 Å². The lowest BCUT2D eigenvalue weighted by Gasteiger charge is -2.45. The van der Waals surface area contributed by atoms with Crippen molar-refractivity contribution >= 4 is 40.5 Å². The fraction of sp³-hybridized carbons (Fsp3) is 0.188. The summed E-state index contributed by atoms with van der Waals surface area (Å²) >= 11 is 12.1. The number of nitrogens with one attached hydrogen (secondary N) is 1. The number of rotatable bonds is 2. The number of carbonyl (C=O) groups is 1. The lowest BCUT2D eigenvalue weighted by Crippen LogP contribution is -2.60. The van der Waals surface area contributed by atoms with Gasteiger partial charge >= 0.3 is 0 Å². The first-order valence-corrected chi connectivity index (χ1v) is 7.50. The first-order chi connectivity index (χ1) is 10.0. The van der Waals surface area contributed by atoms with Gasteiger partial charge in [0.2, 0.25) is 0 Å². The molecule has 108 valence electrons. The van der Waals surface area contributed by atoms with E-state index in [1.165, 1.54) is 0 Å². The van der Waals surface area contributed by atoms with Crippen LogP contribution in [0.4, 0.5) is 11.4 Å². The zero-order valence-electron chi connectivity index (χ0n) is 11.4. The molecule has 0 aromatic heterocycles. The van der Waals surface area contributed by atoms with E-state index in [4.69, 9.17) is 23.2 Å². The molecule has 21 heavy (non-hydrogen) atoms. The maximum absolute atomic E-state index is 12.9. The summed E-state index contributed by atoms with van der Waals surface area (Å²) < 4.78 is 0. The Balaban J connectivity index is 2.13. The topological polar surface area (TPSA) is 32.3 Å². The molecule has 1 amide bonds. The molecular formula is C16H14Cl2N2O. The summed E-state index contributed by atoms with van der Waals surface area (Å²) in [7, 11) is 0. The molecule has 1 atom stereocenters. The third-order valence-corrected chi connectivity index (χ3v) is 4.38. The molecule has 1 heterocycles. The van der Waals surface area contributed by atoms with Crippen LogP contribution in [0.2, 0.25) is 5.02 Å². The Labute approximate surface area is 133 Å². The summed E-state index contributed by atoms with van der Waals surface area (Å²) in [5, 5.41) is 3.99. The summed E-state index contributed by atoms with van der Waals surface area (Å²) in [6.45, 7) is 1.91. The number of fused-ring (bicyclic) bond motifs is 1. The Morgan fingerprint density at radius 2 is 1.81 bits per heavy atom. The molecule has 0 spiro atoms. The van der Waals surface area contributed by atoms with Crippen LogP contribution in [0.25, 0.3) is 0 Å². The van der Waals surface area contributed by atoms with Gasteiger partial charge in [-0.1, -0.05) is 23.7 Å². The predicted octanol–water partition coefficient (Wildman–Crippen LogP) is 4.37. The van der Waals surface area contributed by atoms with Gasteiger partial charge in [0, 0.05) is 16.4 Å². The van der Waals surface area contributed by atoms with E-state index in [1.807, 2.05) is 37.3 Å². The van der Waals surface area contributed by atoms with Crippen LogP contribution in [0.15, 0.2) is 48.5 Å². The highest BCUT2D eigenvalue weighted by Gasteiger charge is 2.41. The Hall–Kier alpha value is -1.71. The first-order valence-electron chi connectivity index (χ1n) is 6.58. The fourth-order valence-electron chi connectivity index (χ4n) is 2.55. The molecule has 1 unspecified atom stereocenters. The molecule has 0 aliphatic carbocycles. The van der Waals surface area contributed by atoms with Gasteiger partial charge in [-0.25, -0.2) is 0 Å². The molecule has 0 fully saturated rings. The van der Waals surface area contributed by atoms with E-state index in [1.54, 1.807) is 23.1 Å². The zero-order valence-corrected chi connectivity index (χ0v) is 12.9. The molecule has 0 saturated heterocycles. The van der Waals surface area contributed by atoms with E-state index in [0.29, 0.717) is 10.6 Å². The highest BCUT2D eigenvalue weighted by Crippen LogP contribution is 2.35. The van der Waals surface area contributed by atoms with Gasteiger partial charge in [-0.3, -0.25) is 9.69 Å². The van der Waals surface area contributed by atoms with Crippen molar-refractivity contribution in [2.75, 3.05) is 16.1 Å². The Kier molecular flexibility index (Phi) is 3.56. The number of para-hydroxylation sites is 1. The van der Waals surface area contributed by atoms with E-state index in [2.05, 4.69) is 5.32 Å². The molecule has 3 nitrogen and oxygen atoms in total. The van der Waals surface area contributed by atoms with Crippen molar-refractivity contribution in [3.8, 4) is 0 Å². The van der Waals surface area contributed by atoms with Gasteiger partial charge in [0.15, 0.2) is 0 Å². The number of halogens is 2. The maximum atomic E-state index is 12.9. The van der Waals surface area contributed by atoms with E-state index >= 15 is 0 Å². The summed E-state index contributed by atoms with van der Waals surface area (Å²) in [4.78, 5) is 14.6. The van der Waals surface area contributed by atoms with E-state index in [0.717, 1.165) is 11.4 Å². The number of amides is 1. The number of carbonyl (C=O) groups excluding carboxylic acids is 1. The second-order valence-electron chi connectivity index (χ2n) is 5.20. The standard InChI is InChI=1S/C16H14Cl2N2O/c1-16(10-17)19-14-5-3-2-4-13(14)15(21)20(16)12-8-6-11(18)7-9-12/h2-9,19H,10H2,1H3. The number of anilines is 2. The second kappa shape index (κ2) is 5.24. The Morgan fingerprint density at radius 3 is 2.48 bits per heavy atom. The minimum atomic E-state index is -0.694. The number of alkyl halides is 1. The molecule has 0 radical (unpaired) electrons. The highest BCUT2D eigenvalue weighted by atomic mass is 35.5. The molecule has 0 saturated carbocycles. The SMILES string of the molecule is CC1(CCl)Nc2ccccc2C(=O)N1c1ccc(Cl)cc1. The summed E-state index contributed by atoms with van der Waals surface area (Å²) in [6, 6.07) is 14.6. The van der Waals surface area contributed by atoms with Crippen LogP contribution < -0.4 is 10.2 Å². The molecule has 3 rings (SSSR count). The molecule has 2 aromatic carbocycles. The lowest BCUT2D eigenvalue weighted by molar-refractivity contribution is 0.0962. The van der Waals surface area contributed by atoms with Crippen molar-refractivity contribution in [3.63, 3.8) is 0 Å². The molecule has 0 bridgehead atoms. The summed E-state index contributed by atoms with van der Waals surface area (Å²) in [5.41, 5.74) is 1.50. The minimum absolute atomic E-state index is 0.0742. The van der Waals surface area contributed by atoms with Crippen LogP contribution in [0, 0.1) is 0 Å². The number of hydrogen-bond acceptors (Lipinski definition) is 2. The smallest absolute Gasteiger partial charge is 0.262 e. The van der Waals surface area contributed by atoms with E-state index in [-0.39, 0.29) is 11.8 Å². The van der Waals surface area contributed by atoms with Crippen molar-refractivity contribution in [1.82, 2.24) is 0 Å². The lowest BCUT2D eigenvalue weighted by atomic mass is 10.0. The molecule has 1 aliphatic rings. The van der Waals surface area contributed by atoms with Gasteiger partial charge in [-0.15, -0.1) is 11.6 Å². The molecular weight excluding hydrogens is 307 g/mol. The first kappa shape index (κ1) is 14.2. The van der Waals surface area contributed by atoms with Crippen LogP contribution in [-0.4, -0.2) is 17.5 Å². The van der Waals surface area contributed by atoms with Crippen LogP contribution >= 0.6 is 23.2 Å². The third kappa shape index (κ3) is 2.37.